The van der Waals surface area contributed by atoms with Gasteiger partial charge in [-0.3, -0.25) is 14.8 Å². The number of rotatable bonds is 4. The van der Waals surface area contributed by atoms with E-state index in [4.69, 9.17) is 0 Å². The van der Waals surface area contributed by atoms with E-state index in [0.717, 1.165) is 49.6 Å². The van der Waals surface area contributed by atoms with Gasteiger partial charge in [0.15, 0.2) is 5.82 Å². The van der Waals surface area contributed by atoms with Crippen LogP contribution in [-0.4, -0.2) is 48.4 Å². The molecule has 3 aromatic rings. The molecule has 0 aliphatic carbocycles. The van der Waals surface area contributed by atoms with Crippen LogP contribution in [0.2, 0.25) is 0 Å². The average molecular weight is 362 g/mol. The van der Waals surface area contributed by atoms with Gasteiger partial charge in [-0.05, 0) is 37.3 Å². The Morgan fingerprint density at radius 2 is 1.93 bits per heavy atom. The largest absolute Gasteiger partial charge is 0.337 e. The van der Waals surface area contributed by atoms with E-state index >= 15 is 0 Å². The number of likely N-dealkylation sites (tertiary alicyclic amines) is 1. The molecule has 0 aromatic carbocycles. The van der Waals surface area contributed by atoms with Crippen molar-refractivity contribution in [2.45, 2.75) is 19.3 Å². The predicted molar refractivity (Wildman–Crippen MR) is 101 cm³/mol. The van der Waals surface area contributed by atoms with Crippen molar-refractivity contribution in [3.63, 3.8) is 0 Å². The topological polar surface area (TPSA) is 76.8 Å². The van der Waals surface area contributed by atoms with Gasteiger partial charge in [-0.1, -0.05) is 6.07 Å². The zero-order chi connectivity index (χ0) is 18.6. The van der Waals surface area contributed by atoms with Crippen molar-refractivity contribution in [3.8, 4) is 11.5 Å². The van der Waals surface area contributed by atoms with Crippen molar-refractivity contribution >= 4 is 5.91 Å². The molecule has 1 fully saturated rings. The van der Waals surface area contributed by atoms with Crippen LogP contribution in [0.25, 0.3) is 11.5 Å². The molecule has 3 aromatic heterocycles. The molecular formula is C20H22N6O. The van der Waals surface area contributed by atoms with Crippen LogP contribution in [0.5, 0.6) is 0 Å². The van der Waals surface area contributed by atoms with Crippen LogP contribution in [0.3, 0.4) is 0 Å². The van der Waals surface area contributed by atoms with E-state index in [0.29, 0.717) is 11.6 Å². The Morgan fingerprint density at radius 3 is 2.56 bits per heavy atom. The standard InChI is InChI=1S/C20H22N6O/c1-25-11-8-22-19(25)18-14-23-16(13-24-18)12-15-5-9-26(10-6-15)20(27)17-4-2-3-7-21-17/h2-4,7-8,11,13-15H,5-6,9-10,12H2,1H3. The van der Waals surface area contributed by atoms with Gasteiger partial charge in [-0.25, -0.2) is 9.97 Å². The third-order valence-electron chi connectivity index (χ3n) is 5.04. The first kappa shape index (κ1) is 17.3. The summed E-state index contributed by atoms with van der Waals surface area (Å²) in [5.41, 5.74) is 2.29. The number of aromatic nitrogens is 5. The Morgan fingerprint density at radius 1 is 1.07 bits per heavy atom. The highest BCUT2D eigenvalue weighted by atomic mass is 16.2. The van der Waals surface area contributed by atoms with Crippen molar-refractivity contribution in [1.29, 1.82) is 0 Å². The van der Waals surface area contributed by atoms with Crippen molar-refractivity contribution in [2.24, 2.45) is 13.0 Å². The maximum atomic E-state index is 12.5. The lowest BCUT2D eigenvalue weighted by Crippen LogP contribution is -2.39. The lowest BCUT2D eigenvalue weighted by atomic mass is 9.92. The molecule has 1 amide bonds. The SMILES string of the molecule is Cn1ccnc1-c1cnc(CC2CCN(C(=O)c3ccccn3)CC2)cn1. The van der Waals surface area contributed by atoms with Gasteiger partial charge in [0.05, 0.1) is 11.9 Å². The van der Waals surface area contributed by atoms with Gasteiger partial charge in [0, 0.05) is 44.9 Å². The van der Waals surface area contributed by atoms with Gasteiger partial charge in [-0.15, -0.1) is 0 Å². The minimum Gasteiger partial charge on any atom is -0.337 e. The highest BCUT2D eigenvalue weighted by molar-refractivity contribution is 5.92. The monoisotopic (exact) mass is 362 g/mol. The molecule has 0 spiro atoms. The first-order valence-electron chi connectivity index (χ1n) is 9.19. The van der Waals surface area contributed by atoms with E-state index in [1.54, 1.807) is 24.7 Å². The number of hydrogen-bond acceptors (Lipinski definition) is 5. The Bertz CT molecular complexity index is 898. The number of amides is 1. The van der Waals surface area contributed by atoms with E-state index in [1.165, 1.54) is 0 Å². The molecule has 1 aliphatic heterocycles. The molecule has 0 bridgehead atoms. The number of hydrogen-bond donors (Lipinski definition) is 0. The van der Waals surface area contributed by atoms with Gasteiger partial charge < -0.3 is 9.47 Å². The molecule has 0 N–H and O–H groups in total. The molecule has 27 heavy (non-hydrogen) atoms. The quantitative estimate of drug-likeness (QED) is 0.712. The molecule has 4 rings (SSSR count). The molecule has 0 radical (unpaired) electrons. The van der Waals surface area contributed by atoms with Crippen LogP contribution in [0.15, 0.2) is 49.2 Å². The zero-order valence-electron chi connectivity index (χ0n) is 15.3. The molecular weight excluding hydrogens is 340 g/mol. The summed E-state index contributed by atoms with van der Waals surface area (Å²) in [5, 5.41) is 0. The summed E-state index contributed by atoms with van der Waals surface area (Å²) in [5.74, 6) is 1.36. The molecule has 0 unspecified atom stereocenters. The normalized spacial score (nSPS) is 15.1. The van der Waals surface area contributed by atoms with Gasteiger partial charge in [0.1, 0.15) is 11.4 Å². The summed E-state index contributed by atoms with van der Waals surface area (Å²) >= 11 is 0. The Labute approximate surface area is 158 Å². The Balaban J connectivity index is 1.33. The van der Waals surface area contributed by atoms with Crippen molar-refractivity contribution < 1.29 is 4.79 Å². The fourth-order valence-electron chi connectivity index (χ4n) is 3.48. The maximum absolute atomic E-state index is 12.5. The van der Waals surface area contributed by atoms with Crippen LogP contribution >= 0.6 is 0 Å². The van der Waals surface area contributed by atoms with Crippen LogP contribution in [0.4, 0.5) is 0 Å². The van der Waals surface area contributed by atoms with Crippen molar-refractivity contribution in [2.75, 3.05) is 13.1 Å². The second kappa shape index (κ2) is 7.65. The van der Waals surface area contributed by atoms with E-state index in [9.17, 15) is 4.79 Å². The predicted octanol–water partition coefficient (Wildman–Crippen LogP) is 2.37. The molecule has 138 valence electrons. The van der Waals surface area contributed by atoms with Gasteiger partial charge in [0.25, 0.3) is 5.91 Å². The molecule has 1 aliphatic rings. The fourth-order valence-corrected chi connectivity index (χ4v) is 3.48. The van der Waals surface area contributed by atoms with Gasteiger partial charge >= 0.3 is 0 Å². The van der Waals surface area contributed by atoms with Crippen molar-refractivity contribution in [1.82, 2.24) is 29.4 Å². The number of carbonyl (C=O) groups is 1. The highest BCUT2D eigenvalue weighted by Crippen LogP contribution is 2.22. The van der Waals surface area contributed by atoms with Gasteiger partial charge in [0.2, 0.25) is 0 Å². The Kier molecular flexibility index (Phi) is 4.91. The van der Waals surface area contributed by atoms with Crippen LogP contribution < -0.4 is 0 Å². The second-order valence-electron chi connectivity index (χ2n) is 6.91. The molecule has 7 heteroatoms. The third-order valence-corrected chi connectivity index (χ3v) is 5.04. The van der Waals surface area contributed by atoms with E-state index in [-0.39, 0.29) is 5.91 Å². The third kappa shape index (κ3) is 3.86. The maximum Gasteiger partial charge on any atom is 0.272 e. The van der Waals surface area contributed by atoms with Crippen molar-refractivity contribution in [3.05, 3.63) is 60.6 Å². The summed E-state index contributed by atoms with van der Waals surface area (Å²) in [6.07, 6.45) is 11.8. The average Bonchev–Trinajstić information content (AvgIpc) is 3.15. The fraction of sp³-hybridized carbons (Fsp3) is 0.350. The van der Waals surface area contributed by atoms with E-state index in [1.807, 2.05) is 41.0 Å². The first-order chi connectivity index (χ1) is 13.2. The molecule has 7 nitrogen and oxygen atoms in total. The highest BCUT2D eigenvalue weighted by Gasteiger charge is 2.24. The van der Waals surface area contributed by atoms with E-state index < -0.39 is 0 Å². The molecule has 1 saturated heterocycles. The zero-order valence-corrected chi connectivity index (χ0v) is 15.3. The number of aryl methyl sites for hydroxylation is 1. The number of carbonyl (C=O) groups excluding carboxylic acids is 1. The summed E-state index contributed by atoms with van der Waals surface area (Å²) < 4.78 is 1.93. The summed E-state index contributed by atoms with van der Waals surface area (Å²) in [4.78, 5) is 31.9. The lowest BCUT2D eigenvalue weighted by Gasteiger charge is -2.31. The second-order valence-corrected chi connectivity index (χ2v) is 6.91. The number of imidazole rings is 1. The van der Waals surface area contributed by atoms with Crippen LogP contribution in [-0.2, 0) is 13.5 Å². The Hall–Kier alpha value is -3.09. The number of nitrogens with zero attached hydrogens (tertiary/aromatic N) is 6. The minimum atomic E-state index is 0.0215. The van der Waals surface area contributed by atoms with Crippen LogP contribution in [0.1, 0.15) is 29.0 Å². The first-order valence-corrected chi connectivity index (χ1v) is 9.19. The smallest absolute Gasteiger partial charge is 0.272 e. The summed E-state index contributed by atoms with van der Waals surface area (Å²) in [6.45, 7) is 1.53. The minimum absolute atomic E-state index is 0.0215. The number of pyridine rings is 1. The van der Waals surface area contributed by atoms with Gasteiger partial charge in [-0.2, -0.15) is 0 Å². The summed E-state index contributed by atoms with van der Waals surface area (Å²) in [6, 6.07) is 5.44. The summed E-state index contributed by atoms with van der Waals surface area (Å²) in [7, 11) is 1.94. The van der Waals surface area contributed by atoms with Crippen LogP contribution in [0, 0.1) is 5.92 Å². The van der Waals surface area contributed by atoms with E-state index in [2.05, 4.69) is 19.9 Å². The number of piperidine rings is 1. The molecule has 0 atom stereocenters. The molecule has 4 heterocycles. The lowest BCUT2D eigenvalue weighted by molar-refractivity contribution is 0.0684. The molecule has 0 saturated carbocycles.